The molecule has 0 fully saturated rings. The summed E-state index contributed by atoms with van der Waals surface area (Å²) in [5, 5.41) is 12.2. The van der Waals surface area contributed by atoms with Gasteiger partial charge in [-0.05, 0) is 0 Å². The van der Waals surface area contributed by atoms with E-state index < -0.39 is 21.9 Å². The number of nitrogens with zero attached hydrogens (tertiary/aromatic N) is 2. The van der Waals surface area contributed by atoms with E-state index in [2.05, 4.69) is 9.82 Å². The minimum absolute atomic E-state index is 0.0755. The van der Waals surface area contributed by atoms with Crippen molar-refractivity contribution >= 4 is 21.9 Å². The SMILES string of the molecule is NC(=O)CCNS(=O)(=O)c1cnn(CCC(=O)O)c1. The van der Waals surface area contributed by atoms with Gasteiger partial charge in [-0.3, -0.25) is 14.3 Å². The average Bonchev–Trinajstić information content (AvgIpc) is 2.74. The van der Waals surface area contributed by atoms with Gasteiger partial charge in [-0.25, -0.2) is 13.1 Å². The maximum absolute atomic E-state index is 11.7. The van der Waals surface area contributed by atoms with Gasteiger partial charge in [0, 0.05) is 19.2 Å². The summed E-state index contributed by atoms with van der Waals surface area (Å²) in [5.74, 6) is -1.61. The van der Waals surface area contributed by atoms with Crippen molar-refractivity contribution in [3.63, 3.8) is 0 Å². The zero-order valence-corrected chi connectivity index (χ0v) is 10.8. The van der Waals surface area contributed by atoms with Crippen molar-refractivity contribution in [2.45, 2.75) is 24.3 Å². The molecule has 0 unspecified atom stereocenters. The molecule has 4 N–H and O–H groups in total. The molecule has 0 saturated heterocycles. The number of carboxylic acid groups (broad SMARTS) is 1. The molecule has 9 nitrogen and oxygen atoms in total. The fraction of sp³-hybridized carbons (Fsp3) is 0.444. The molecular formula is C9H14N4O5S. The van der Waals surface area contributed by atoms with Crippen LogP contribution in [0.2, 0.25) is 0 Å². The van der Waals surface area contributed by atoms with Crippen LogP contribution in [0.1, 0.15) is 12.8 Å². The number of nitrogens with one attached hydrogen (secondary N) is 1. The first-order valence-electron chi connectivity index (χ1n) is 5.33. The van der Waals surface area contributed by atoms with Crippen LogP contribution >= 0.6 is 0 Å². The molecule has 1 aromatic heterocycles. The van der Waals surface area contributed by atoms with Gasteiger partial charge in [0.25, 0.3) is 0 Å². The standard InChI is InChI=1S/C9H14N4O5S/c10-8(14)1-3-12-19(17,18)7-5-11-13(6-7)4-2-9(15)16/h5-6,12H,1-4H2,(H2,10,14)(H,15,16). The second kappa shape index (κ2) is 6.29. The van der Waals surface area contributed by atoms with E-state index in [0.29, 0.717) is 0 Å². The largest absolute Gasteiger partial charge is 0.481 e. The van der Waals surface area contributed by atoms with Gasteiger partial charge in [-0.1, -0.05) is 0 Å². The van der Waals surface area contributed by atoms with Gasteiger partial charge < -0.3 is 10.8 Å². The maximum atomic E-state index is 11.7. The van der Waals surface area contributed by atoms with Crippen LogP contribution in [0.15, 0.2) is 17.3 Å². The second-order valence-electron chi connectivity index (χ2n) is 3.70. The van der Waals surface area contributed by atoms with E-state index in [1.807, 2.05) is 0 Å². The number of aryl methyl sites for hydroxylation is 1. The van der Waals surface area contributed by atoms with Crippen LogP contribution < -0.4 is 10.5 Å². The predicted octanol–water partition coefficient (Wildman–Crippen LogP) is -1.49. The van der Waals surface area contributed by atoms with Crippen molar-refractivity contribution in [1.29, 1.82) is 0 Å². The fourth-order valence-corrected chi connectivity index (χ4v) is 2.19. The third-order valence-corrected chi connectivity index (χ3v) is 3.55. The second-order valence-corrected chi connectivity index (χ2v) is 5.46. The van der Waals surface area contributed by atoms with E-state index in [-0.39, 0.29) is 30.8 Å². The Kier molecular flexibility index (Phi) is 5.01. The number of nitrogens with two attached hydrogens (primary N) is 1. The molecule has 0 radical (unpaired) electrons. The number of carbonyl (C=O) groups is 2. The first kappa shape index (κ1) is 15.1. The molecule has 1 heterocycles. The van der Waals surface area contributed by atoms with Crippen molar-refractivity contribution < 1.29 is 23.1 Å². The van der Waals surface area contributed by atoms with Crippen molar-refractivity contribution in [1.82, 2.24) is 14.5 Å². The molecule has 10 heteroatoms. The highest BCUT2D eigenvalue weighted by molar-refractivity contribution is 7.89. The Hall–Kier alpha value is -1.94. The summed E-state index contributed by atoms with van der Waals surface area (Å²) >= 11 is 0. The number of sulfonamides is 1. The molecule has 0 aliphatic rings. The normalized spacial score (nSPS) is 11.4. The number of aliphatic carboxylic acids is 1. The van der Waals surface area contributed by atoms with E-state index in [9.17, 15) is 18.0 Å². The minimum Gasteiger partial charge on any atom is -0.481 e. The molecule has 0 aliphatic heterocycles. The third-order valence-electron chi connectivity index (χ3n) is 2.14. The van der Waals surface area contributed by atoms with Crippen molar-refractivity contribution in [2.75, 3.05) is 6.54 Å². The van der Waals surface area contributed by atoms with E-state index in [0.717, 1.165) is 6.20 Å². The highest BCUT2D eigenvalue weighted by Crippen LogP contribution is 2.07. The summed E-state index contributed by atoms with van der Waals surface area (Å²) < 4.78 is 26.9. The molecule has 0 saturated carbocycles. The van der Waals surface area contributed by atoms with Crippen molar-refractivity contribution in [3.8, 4) is 0 Å². The molecule has 1 rings (SSSR count). The molecule has 0 atom stereocenters. The quantitative estimate of drug-likeness (QED) is 0.532. The van der Waals surface area contributed by atoms with Crippen LogP contribution in [0.3, 0.4) is 0 Å². The first-order chi connectivity index (χ1) is 8.81. The Morgan fingerprint density at radius 2 is 2.11 bits per heavy atom. The van der Waals surface area contributed by atoms with Crippen LogP contribution in [-0.2, 0) is 26.2 Å². The van der Waals surface area contributed by atoms with E-state index >= 15 is 0 Å². The summed E-state index contributed by atoms with van der Waals surface area (Å²) in [6, 6.07) is 0. The molecular weight excluding hydrogens is 276 g/mol. The van der Waals surface area contributed by atoms with Gasteiger partial charge in [-0.2, -0.15) is 5.10 Å². The number of rotatable bonds is 8. The number of hydrogen-bond donors (Lipinski definition) is 3. The fourth-order valence-electron chi connectivity index (χ4n) is 1.21. The van der Waals surface area contributed by atoms with Gasteiger partial charge in [-0.15, -0.1) is 0 Å². The molecule has 1 amide bonds. The lowest BCUT2D eigenvalue weighted by molar-refractivity contribution is -0.137. The molecule has 19 heavy (non-hydrogen) atoms. The lowest BCUT2D eigenvalue weighted by atomic mass is 10.4. The summed E-state index contributed by atoms with van der Waals surface area (Å²) in [5.41, 5.74) is 4.89. The third kappa shape index (κ3) is 5.06. The lowest BCUT2D eigenvalue weighted by Crippen LogP contribution is -2.27. The Balaban J connectivity index is 2.63. The Morgan fingerprint density at radius 1 is 1.42 bits per heavy atom. The predicted molar refractivity (Wildman–Crippen MR) is 63.5 cm³/mol. The number of primary amides is 1. The topological polar surface area (TPSA) is 144 Å². The first-order valence-corrected chi connectivity index (χ1v) is 6.82. The maximum Gasteiger partial charge on any atom is 0.305 e. The highest BCUT2D eigenvalue weighted by atomic mass is 32.2. The van der Waals surface area contributed by atoms with Gasteiger partial charge in [0.1, 0.15) is 4.90 Å². The van der Waals surface area contributed by atoms with E-state index in [1.165, 1.54) is 10.9 Å². The zero-order valence-electron chi connectivity index (χ0n) is 9.94. The monoisotopic (exact) mass is 290 g/mol. The van der Waals surface area contributed by atoms with E-state index in [1.54, 1.807) is 0 Å². The molecule has 106 valence electrons. The highest BCUT2D eigenvalue weighted by Gasteiger charge is 2.16. The van der Waals surface area contributed by atoms with Crippen LogP contribution in [0, 0.1) is 0 Å². The number of carbonyl (C=O) groups excluding carboxylic acids is 1. The summed E-state index contributed by atoms with van der Waals surface area (Å²) in [6.45, 7) is -0.0237. The van der Waals surface area contributed by atoms with Crippen LogP contribution in [0.5, 0.6) is 0 Å². The zero-order chi connectivity index (χ0) is 14.5. The summed E-state index contributed by atoms with van der Waals surface area (Å²) in [4.78, 5) is 20.8. The number of carboxylic acids is 1. The molecule has 0 bridgehead atoms. The summed E-state index contributed by atoms with van der Waals surface area (Å²) in [6.07, 6.45) is 2.06. The van der Waals surface area contributed by atoms with Crippen molar-refractivity contribution in [2.24, 2.45) is 5.73 Å². The average molecular weight is 290 g/mol. The Labute approximate surface area is 109 Å². The Morgan fingerprint density at radius 3 is 2.68 bits per heavy atom. The van der Waals surface area contributed by atoms with Crippen LogP contribution in [-0.4, -0.2) is 41.7 Å². The minimum atomic E-state index is -3.76. The number of amides is 1. The summed E-state index contributed by atoms with van der Waals surface area (Å²) in [7, 11) is -3.76. The lowest BCUT2D eigenvalue weighted by Gasteiger charge is -2.02. The van der Waals surface area contributed by atoms with Gasteiger partial charge in [0.05, 0.1) is 19.2 Å². The Bertz CT molecular complexity index is 565. The van der Waals surface area contributed by atoms with Crippen LogP contribution in [0.25, 0.3) is 0 Å². The van der Waals surface area contributed by atoms with E-state index in [4.69, 9.17) is 10.8 Å². The molecule has 0 aromatic carbocycles. The van der Waals surface area contributed by atoms with Crippen molar-refractivity contribution in [3.05, 3.63) is 12.4 Å². The van der Waals surface area contributed by atoms with Gasteiger partial charge in [0.15, 0.2) is 0 Å². The van der Waals surface area contributed by atoms with Crippen LogP contribution in [0.4, 0.5) is 0 Å². The molecule has 1 aromatic rings. The number of hydrogen-bond acceptors (Lipinski definition) is 5. The number of aromatic nitrogens is 2. The molecule has 0 spiro atoms. The van der Waals surface area contributed by atoms with Gasteiger partial charge >= 0.3 is 5.97 Å². The van der Waals surface area contributed by atoms with Gasteiger partial charge in [0.2, 0.25) is 15.9 Å². The smallest absolute Gasteiger partial charge is 0.305 e. The molecule has 0 aliphatic carbocycles.